The molecule has 3 aliphatic heterocycles. The maximum Gasteiger partial charge on any atom is 0.301 e. The van der Waals surface area contributed by atoms with E-state index in [4.69, 9.17) is 4.74 Å². The van der Waals surface area contributed by atoms with Crippen LogP contribution < -0.4 is 20.3 Å². The van der Waals surface area contributed by atoms with E-state index in [1.165, 1.54) is 11.1 Å². The van der Waals surface area contributed by atoms with E-state index in [1.807, 2.05) is 93.4 Å². The highest BCUT2D eigenvalue weighted by Crippen LogP contribution is 2.35. The molecule has 0 bridgehead atoms. The molecule has 442 valence electrons. The van der Waals surface area contributed by atoms with Crippen molar-refractivity contribution < 1.29 is 50.6 Å². The van der Waals surface area contributed by atoms with Crippen LogP contribution in [0.4, 0.5) is 24.5 Å². The van der Waals surface area contributed by atoms with Gasteiger partial charge in [0.15, 0.2) is 5.82 Å². The predicted octanol–water partition coefficient (Wildman–Crippen LogP) is 7.94. The van der Waals surface area contributed by atoms with Gasteiger partial charge in [0.1, 0.15) is 36.3 Å². The number of nitrogens with one attached hydrogen (secondary N) is 4. The first kappa shape index (κ1) is 59.4. The van der Waals surface area contributed by atoms with Gasteiger partial charge in [-0.25, -0.2) is 23.1 Å². The summed E-state index contributed by atoms with van der Waals surface area (Å²) in [6.07, 6.45) is 4.21. The fourth-order valence-electron chi connectivity index (χ4n) is 11.7. The lowest BCUT2D eigenvalue weighted by Gasteiger charge is -2.43. The molecule has 4 aliphatic rings. The minimum absolute atomic E-state index is 0.00588. The van der Waals surface area contributed by atoms with Gasteiger partial charge in [-0.1, -0.05) is 57.2 Å². The van der Waals surface area contributed by atoms with E-state index < -0.39 is 87.0 Å². The van der Waals surface area contributed by atoms with Crippen LogP contribution in [0.5, 0.6) is 0 Å². The molecule has 3 aromatic heterocycles. The summed E-state index contributed by atoms with van der Waals surface area (Å²) < 4.78 is 79.5. The number of likely N-dealkylation sites (tertiary alicyclic amines) is 1. The number of aromatic amines is 1. The molecule has 6 aromatic rings. The van der Waals surface area contributed by atoms with Gasteiger partial charge in [-0.15, -0.1) is 11.3 Å². The molecule has 83 heavy (non-hydrogen) atoms. The zero-order chi connectivity index (χ0) is 59.1. The number of H-pyrrole nitrogens is 1. The van der Waals surface area contributed by atoms with Crippen molar-refractivity contribution >= 4 is 67.5 Å². The van der Waals surface area contributed by atoms with Crippen LogP contribution in [-0.4, -0.2) is 156 Å². The zero-order valence-electron chi connectivity index (χ0n) is 47.3. The van der Waals surface area contributed by atoms with Crippen molar-refractivity contribution in [1.29, 1.82) is 0 Å². The van der Waals surface area contributed by atoms with Crippen molar-refractivity contribution in [3.05, 3.63) is 119 Å². The Balaban J connectivity index is 0.667. The highest BCUT2D eigenvalue weighted by atomic mass is 32.2. The summed E-state index contributed by atoms with van der Waals surface area (Å²) in [5.41, 5.74) is 5.18. The summed E-state index contributed by atoms with van der Waals surface area (Å²) in [4.78, 5) is 74.1. The van der Waals surface area contributed by atoms with Gasteiger partial charge in [0.2, 0.25) is 23.5 Å². The lowest BCUT2D eigenvalue weighted by atomic mass is 9.85. The lowest BCUT2D eigenvalue weighted by molar-refractivity contribution is -0.145. The fourth-order valence-corrected chi connectivity index (χ4v) is 13.8. The number of aromatic nitrogens is 3. The molecule has 0 spiro atoms. The summed E-state index contributed by atoms with van der Waals surface area (Å²) in [5, 5.41) is 17.0. The molecule has 3 saturated heterocycles. The molecule has 0 unspecified atom stereocenters. The number of piperidine rings is 1. The minimum Gasteiger partial charge on any atom is -0.391 e. The third-order valence-electron chi connectivity index (χ3n) is 16.7. The molecule has 5 atom stereocenters. The van der Waals surface area contributed by atoms with Crippen LogP contribution >= 0.6 is 11.3 Å². The van der Waals surface area contributed by atoms with E-state index >= 15 is 8.78 Å². The second-order valence-corrected chi connectivity index (χ2v) is 26.2. The number of benzene rings is 3. The maximum atomic E-state index is 15.8. The molecule has 18 nitrogen and oxygen atoms in total. The topological polar surface area (TPSA) is 222 Å². The number of alkyl halides is 1. The molecular weight excluding hydrogens is 1110 g/mol. The number of β-amino-alcohol motifs (C(OH)–C–C–N with tert-alkyl or cyclic N) is 1. The summed E-state index contributed by atoms with van der Waals surface area (Å²) in [6, 6.07) is 17.4. The van der Waals surface area contributed by atoms with Gasteiger partial charge in [0.25, 0.3) is 0 Å². The smallest absolute Gasteiger partial charge is 0.301 e. The Labute approximate surface area is 485 Å². The number of aliphatic hydroxyl groups is 1. The van der Waals surface area contributed by atoms with Crippen LogP contribution in [-0.2, 0) is 29.3 Å². The fraction of sp³-hybridized carbons (Fsp3) is 0.467. The van der Waals surface area contributed by atoms with Crippen LogP contribution in [0.1, 0.15) is 99.4 Å². The average molecular weight is 1180 g/mol. The molecule has 1 saturated carbocycles. The van der Waals surface area contributed by atoms with E-state index in [0.717, 1.165) is 94.7 Å². The summed E-state index contributed by atoms with van der Waals surface area (Å²) in [7, 11) is -2.24. The Morgan fingerprint density at radius 1 is 0.916 bits per heavy atom. The molecular formula is C60H71F3N10O8S2. The van der Waals surface area contributed by atoms with Gasteiger partial charge in [-0.05, 0) is 111 Å². The number of pyridine rings is 1. The van der Waals surface area contributed by atoms with Gasteiger partial charge in [0.05, 0.1) is 45.6 Å². The van der Waals surface area contributed by atoms with Gasteiger partial charge in [0, 0.05) is 86.3 Å². The molecule has 1 aliphatic carbocycles. The number of ketones is 1. The number of hydrogen-bond acceptors (Lipinski definition) is 13. The highest BCUT2D eigenvalue weighted by molar-refractivity contribution is 7.90. The molecule has 6 heterocycles. The van der Waals surface area contributed by atoms with E-state index in [-0.39, 0.29) is 56.2 Å². The molecule has 23 heteroatoms. The quantitative estimate of drug-likeness (QED) is 0.0488. The van der Waals surface area contributed by atoms with Crippen LogP contribution in [0.2, 0.25) is 0 Å². The third kappa shape index (κ3) is 13.1. The number of amides is 3. The first-order valence-corrected chi connectivity index (χ1v) is 30.5. The van der Waals surface area contributed by atoms with Crippen molar-refractivity contribution in [3.8, 4) is 21.6 Å². The monoisotopic (exact) mass is 1180 g/mol. The number of ether oxygens (including phenoxy) is 1. The Morgan fingerprint density at radius 2 is 1.63 bits per heavy atom. The zero-order valence-corrected chi connectivity index (χ0v) is 49.0. The van der Waals surface area contributed by atoms with E-state index in [0.29, 0.717) is 28.6 Å². The van der Waals surface area contributed by atoms with E-state index in [2.05, 4.69) is 42.4 Å². The molecule has 0 radical (unpaired) electrons. The van der Waals surface area contributed by atoms with Gasteiger partial charge < -0.3 is 40.2 Å². The van der Waals surface area contributed by atoms with Crippen LogP contribution in [0.25, 0.3) is 32.6 Å². The molecule has 3 aromatic carbocycles. The molecule has 5 N–H and O–H groups in total. The Bertz CT molecular complexity index is 3470. The number of fused-ring (bicyclic) bond motifs is 1. The van der Waals surface area contributed by atoms with E-state index in [1.54, 1.807) is 23.6 Å². The second kappa shape index (κ2) is 24.4. The highest BCUT2D eigenvalue weighted by Gasteiger charge is 2.45. The predicted molar refractivity (Wildman–Crippen MR) is 312 cm³/mol. The number of anilines is 2. The number of hydrogen-bond donors (Lipinski definition) is 5. The number of thiazole rings is 1. The SMILES string of the molecule is Cc1ncsc1-c1ccc([C@H](C)NC(=O)[C@@H]2C[C@@H](O)CN2C(=O)[C@@H](NC(=O)COC2CC(N(C)CC3CCN(c4ccc(-c5cnc6[nH]cc(C(=O)c7c(F)ccc(NS(=O)(=O)N8CC[C@@H](F)C8)c7F)c6c5)cc4)CC3)C2)C(C)(C)C)cc1. The number of nitrogens with zero attached hydrogens (tertiary/aromatic N) is 6. The summed E-state index contributed by atoms with van der Waals surface area (Å²) >= 11 is 1.57. The first-order chi connectivity index (χ1) is 39.5. The van der Waals surface area contributed by atoms with Crippen molar-refractivity contribution in [1.82, 2.24) is 39.7 Å². The number of carbonyl (C=O) groups is 4. The van der Waals surface area contributed by atoms with Crippen molar-refractivity contribution in [2.75, 3.05) is 62.5 Å². The number of aryl methyl sites for hydroxylation is 1. The van der Waals surface area contributed by atoms with Crippen LogP contribution in [0.15, 0.2) is 84.6 Å². The Hall–Kier alpha value is -6.76. The second-order valence-electron chi connectivity index (χ2n) is 23.6. The Morgan fingerprint density at radius 3 is 2.29 bits per heavy atom. The van der Waals surface area contributed by atoms with Crippen LogP contribution in [0, 0.1) is 29.9 Å². The Kier molecular flexibility index (Phi) is 17.5. The number of rotatable bonds is 19. The van der Waals surface area contributed by atoms with E-state index in [9.17, 15) is 37.1 Å². The lowest BCUT2D eigenvalue weighted by Crippen LogP contribution is -2.58. The van der Waals surface area contributed by atoms with Crippen molar-refractivity contribution in [2.45, 2.75) is 116 Å². The largest absolute Gasteiger partial charge is 0.391 e. The van der Waals surface area contributed by atoms with Gasteiger partial charge in [-0.3, -0.25) is 23.9 Å². The minimum atomic E-state index is -4.37. The van der Waals surface area contributed by atoms with Crippen LogP contribution in [0.3, 0.4) is 0 Å². The van der Waals surface area contributed by atoms with Gasteiger partial charge in [-0.2, -0.15) is 12.7 Å². The first-order valence-electron chi connectivity index (χ1n) is 28.2. The third-order valence-corrected chi connectivity index (χ3v) is 19.2. The number of halogens is 3. The summed E-state index contributed by atoms with van der Waals surface area (Å²) in [6.45, 7) is 11.3. The average Bonchev–Trinajstić information content (AvgIpc) is 4.24. The van der Waals surface area contributed by atoms with Crippen molar-refractivity contribution in [2.24, 2.45) is 11.3 Å². The number of carbonyl (C=O) groups excluding carboxylic acids is 4. The standard InChI is InChI=1S/C60H71F3N10O8S2/c1-34(37-7-9-39(10-8-37)55-35(2)66-33-82-55)67-58(77)50-26-44(74)31-73(50)59(78)56(60(3,4)5)68-51(75)32-81-45-24-43(25-45)70(6)29-36-17-20-71(21-18-36)42-13-11-38(12-14-42)40-23-46-47(28-65-57(46)64-27-40)54(76)52-48(62)15-16-49(53(52)63)69-83(79,80)72-22-19-41(61)30-72/h7-16,23,27-28,33-34,36,41,43-45,50,56,69,74H,17-22,24-26,29-32H2,1-6H3,(H,64,65)(H,67,77)(H,68,75)/t34-,41+,43?,44+,45?,50-,56+/m0/s1. The number of aliphatic hydroxyl groups excluding tert-OH is 1. The normalized spacial score (nSPS) is 21.5. The molecule has 4 fully saturated rings. The maximum absolute atomic E-state index is 15.8. The molecule has 3 amide bonds. The summed E-state index contributed by atoms with van der Waals surface area (Å²) in [5.74, 6) is -4.34. The molecule has 10 rings (SSSR count). The van der Waals surface area contributed by atoms with Crippen molar-refractivity contribution in [3.63, 3.8) is 0 Å². The van der Waals surface area contributed by atoms with Gasteiger partial charge >= 0.3 is 10.2 Å².